The van der Waals surface area contributed by atoms with Gasteiger partial charge < -0.3 is 5.73 Å². The molecule has 3 rings (SSSR count). The standard InChI is InChI=1S/C14H11ClN2S3/c15-11-2-1-3-12(16)13(11)19-7-10-8-20-14(17-10)9-4-5-18-6-9/h1-6,8H,7,16H2. The molecule has 0 aliphatic rings. The second-order valence-electron chi connectivity index (χ2n) is 4.10. The Balaban J connectivity index is 1.73. The maximum absolute atomic E-state index is 6.16. The molecule has 0 spiro atoms. The Bertz CT molecular complexity index is 687. The van der Waals surface area contributed by atoms with E-state index in [0.29, 0.717) is 5.02 Å². The van der Waals surface area contributed by atoms with E-state index >= 15 is 0 Å². The normalized spacial score (nSPS) is 10.8. The number of thiazole rings is 1. The summed E-state index contributed by atoms with van der Waals surface area (Å²) >= 11 is 11.1. The number of aromatic nitrogens is 1. The number of nitrogens with two attached hydrogens (primary N) is 1. The van der Waals surface area contributed by atoms with E-state index in [-0.39, 0.29) is 0 Å². The molecule has 0 radical (unpaired) electrons. The van der Waals surface area contributed by atoms with Gasteiger partial charge in [0.25, 0.3) is 0 Å². The first kappa shape index (κ1) is 13.9. The summed E-state index contributed by atoms with van der Waals surface area (Å²) in [7, 11) is 0. The number of anilines is 1. The van der Waals surface area contributed by atoms with Gasteiger partial charge in [0.05, 0.1) is 10.7 Å². The predicted molar refractivity (Wildman–Crippen MR) is 90.9 cm³/mol. The van der Waals surface area contributed by atoms with Crippen LogP contribution in [0.5, 0.6) is 0 Å². The lowest BCUT2D eigenvalue weighted by Crippen LogP contribution is -1.90. The van der Waals surface area contributed by atoms with Crippen molar-refractivity contribution in [1.29, 1.82) is 0 Å². The summed E-state index contributed by atoms with van der Waals surface area (Å²) in [5.41, 5.74) is 8.91. The van der Waals surface area contributed by atoms with Crippen molar-refractivity contribution in [2.75, 3.05) is 5.73 Å². The van der Waals surface area contributed by atoms with E-state index in [1.165, 1.54) is 5.56 Å². The number of nitrogens with zero attached hydrogens (tertiary/aromatic N) is 1. The van der Waals surface area contributed by atoms with Crippen molar-refractivity contribution in [2.45, 2.75) is 10.6 Å². The molecule has 0 aliphatic heterocycles. The van der Waals surface area contributed by atoms with Crippen LogP contribution in [0.15, 0.2) is 45.3 Å². The first-order chi connectivity index (χ1) is 9.74. The molecule has 0 bridgehead atoms. The smallest absolute Gasteiger partial charge is 0.124 e. The summed E-state index contributed by atoms with van der Waals surface area (Å²) in [6.07, 6.45) is 0. The summed E-state index contributed by atoms with van der Waals surface area (Å²) in [6.45, 7) is 0. The first-order valence-electron chi connectivity index (χ1n) is 5.88. The van der Waals surface area contributed by atoms with E-state index < -0.39 is 0 Å². The lowest BCUT2D eigenvalue weighted by molar-refractivity contribution is 1.23. The summed E-state index contributed by atoms with van der Waals surface area (Å²) in [5.74, 6) is 0.772. The molecule has 2 nitrogen and oxygen atoms in total. The lowest BCUT2D eigenvalue weighted by Gasteiger charge is -2.05. The number of thiophene rings is 1. The summed E-state index contributed by atoms with van der Waals surface area (Å²) < 4.78 is 0. The van der Waals surface area contributed by atoms with Crippen LogP contribution >= 0.6 is 46.0 Å². The molecule has 0 fully saturated rings. The van der Waals surface area contributed by atoms with Crippen LogP contribution in [0.4, 0.5) is 5.69 Å². The fraction of sp³-hybridized carbons (Fsp3) is 0.0714. The highest BCUT2D eigenvalue weighted by molar-refractivity contribution is 7.98. The Morgan fingerprint density at radius 2 is 2.15 bits per heavy atom. The van der Waals surface area contributed by atoms with Gasteiger partial charge in [0, 0.05) is 32.7 Å². The molecule has 2 N–H and O–H groups in total. The van der Waals surface area contributed by atoms with Crippen LogP contribution in [0.3, 0.4) is 0 Å². The van der Waals surface area contributed by atoms with Crippen LogP contribution < -0.4 is 5.73 Å². The van der Waals surface area contributed by atoms with Crippen molar-refractivity contribution in [2.24, 2.45) is 0 Å². The molecule has 0 saturated carbocycles. The van der Waals surface area contributed by atoms with Crippen molar-refractivity contribution in [3.63, 3.8) is 0 Å². The highest BCUT2D eigenvalue weighted by Gasteiger charge is 2.09. The highest BCUT2D eigenvalue weighted by atomic mass is 35.5. The van der Waals surface area contributed by atoms with Crippen molar-refractivity contribution < 1.29 is 0 Å². The van der Waals surface area contributed by atoms with E-state index in [1.54, 1.807) is 34.4 Å². The number of halogens is 1. The topological polar surface area (TPSA) is 38.9 Å². The van der Waals surface area contributed by atoms with Gasteiger partial charge in [-0.25, -0.2) is 4.98 Å². The second kappa shape index (κ2) is 6.18. The van der Waals surface area contributed by atoms with Gasteiger partial charge in [-0.2, -0.15) is 11.3 Å². The minimum atomic E-state index is 0.697. The van der Waals surface area contributed by atoms with Gasteiger partial charge in [-0.3, -0.25) is 0 Å². The van der Waals surface area contributed by atoms with E-state index in [1.807, 2.05) is 18.2 Å². The summed E-state index contributed by atoms with van der Waals surface area (Å²) in [4.78, 5) is 5.58. The number of hydrogen-bond donors (Lipinski definition) is 1. The fourth-order valence-electron chi connectivity index (χ4n) is 1.72. The minimum absolute atomic E-state index is 0.697. The van der Waals surface area contributed by atoms with Gasteiger partial charge in [0.15, 0.2) is 0 Å². The van der Waals surface area contributed by atoms with E-state index in [4.69, 9.17) is 17.3 Å². The molecule has 102 valence electrons. The minimum Gasteiger partial charge on any atom is -0.398 e. The molecule has 2 aromatic heterocycles. The third-order valence-electron chi connectivity index (χ3n) is 2.68. The number of rotatable bonds is 4. The van der Waals surface area contributed by atoms with Crippen LogP contribution in [0.25, 0.3) is 10.6 Å². The Morgan fingerprint density at radius 3 is 2.90 bits per heavy atom. The maximum atomic E-state index is 6.16. The van der Waals surface area contributed by atoms with Gasteiger partial charge in [-0.1, -0.05) is 17.7 Å². The van der Waals surface area contributed by atoms with Crippen molar-refractivity contribution in [1.82, 2.24) is 4.98 Å². The van der Waals surface area contributed by atoms with Crippen LogP contribution in [0, 0.1) is 0 Å². The van der Waals surface area contributed by atoms with Crippen molar-refractivity contribution in [3.05, 3.63) is 51.1 Å². The second-order valence-corrected chi connectivity index (χ2v) is 7.13. The Labute approximate surface area is 134 Å². The molecule has 0 saturated heterocycles. The molecule has 0 unspecified atom stereocenters. The molecule has 1 aromatic carbocycles. The van der Waals surface area contributed by atoms with Crippen LogP contribution in [-0.2, 0) is 5.75 Å². The third kappa shape index (κ3) is 3.01. The molecule has 2 heterocycles. The number of nitrogen functional groups attached to an aromatic ring is 1. The monoisotopic (exact) mass is 338 g/mol. The lowest BCUT2D eigenvalue weighted by atomic mass is 10.3. The largest absolute Gasteiger partial charge is 0.398 e. The van der Waals surface area contributed by atoms with E-state index in [9.17, 15) is 0 Å². The van der Waals surface area contributed by atoms with Crippen molar-refractivity contribution >= 4 is 51.7 Å². The summed E-state index contributed by atoms with van der Waals surface area (Å²) in [6, 6.07) is 7.68. The molecule has 0 amide bonds. The molecular weight excluding hydrogens is 328 g/mol. The maximum Gasteiger partial charge on any atom is 0.124 e. The van der Waals surface area contributed by atoms with Crippen molar-refractivity contribution in [3.8, 4) is 10.6 Å². The van der Waals surface area contributed by atoms with Gasteiger partial charge in [0.1, 0.15) is 5.01 Å². The van der Waals surface area contributed by atoms with Crippen LogP contribution in [0.2, 0.25) is 5.02 Å². The van der Waals surface area contributed by atoms with Gasteiger partial charge in [-0.15, -0.1) is 23.1 Å². The Morgan fingerprint density at radius 1 is 1.25 bits per heavy atom. The predicted octanol–water partition coefficient (Wildman–Crippen LogP) is 5.40. The Hall–Kier alpha value is -1.01. The average Bonchev–Trinajstić information content (AvgIpc) is 3.09. The highest BCUT2D eigenvalue weighted by Crippen LogP contribution is 2.35. The van der Waals surface area contributed by atoms with E-state index in [0.717, 1.165) is 27.0 Å². The third-order valence-corrected chi connectivity index (χ3v) is 5.92. The number of benzene rings is 1. The zero-order valence-electron chi connectivity index (χ0n) is 10.4. The molecule has 0 aliphatic carbocycles. The average molecular weight is 339 g/mol. The molecular formula is C14H11ClN2S3. The molecule has 3 aromatic rings. The van der Waals surface area contributed by atoms with Gasteiger partial charge >= 0.3 is 0 Å². The fourth-order valence-corrected chi connectivity index (χ4v) is 4.58. The molecule has 6 heteroatoms. The number of thioether (sulfide) groups is 1. The molecule has 20 heavy (non-hydrogen) atoms. The zero-order valence-corrected chi connectivity index (χ0v) is 13.6. The zero-order chi connectivity index (χ0) is 13.9. The Kier molecular flexibility index (Phi) is 4.31. The first-order valence-corrected chi connectivity index (χ1v) is 9.06. The van der Waals surface area contributed by atoms with Gasteiger partial charge in [0.2, 0.25) is 0 Å². The molecule has 0 atom stereocenters. The van der Waals surface area contributed by atoms with Gasteiger partial charge in [-0.05, 0) is 23.6 Å². The SMILES string of the molecule is Nc1cccc(Cl)c1SCc1csc(-c2ccsc2)n1. The summed E-state index contributed by atoms with van der Waals surface area (Å²) in [5, 5.41) is 8.03. The quantitative estimate of drug-likeness (QED) is 0.511. The van der Waals surface area contributed by atoms with E-state index in [2.05, 4.69) is 27.2 Å². The van der Waals surface area contributed by atoms with Crippen LogP contribution in [-0.4, -0.2) is 4.98 Å². The number of hydrogen-bond acceptors (Lipinski definition) is 5. The van der Waals surface area contributed by atoms with Crippen LogP contribution in [0.1, 0.15) is 5.69 Å².